The SMILES string of the molecule is COc1ccc(C(=O)Nc2cnn3c2C(=O)N(c2ccc(C(F)(F)c4ccccc4)cc2)[C@H]2CNC[C@H]23)cc1C#N. The fourth-order valence-electron chi connectivity index (χ4n) is 5.43. The molecule has 2 amide bonds. The third-order valence-electron chi connectivity index (χ3n) is 7.49. The molecular formula is C30H24F2N6O3. The van der Waals surface area contributed by atoms with Crippen LogP contribution in [0.2, 0.25) is 0 Å². The number of rotatable bonds is 6. The first kappa shape index (κ1) is 26.2. The van der Waals surface area contributed by atoms with Gasteiger partial charge in [-0.05, 0) is 30.3 Å². The van der Waals surface area contributed by atoms with Crippen LogP contribution >= 0.6 is 0 Å². The summed E-state index contributed by atoms with van der Waals surface area (Å²) in [5, 5.41) is 19.8. The fraction of sp³-hybridized carbons (Fsp3) is 0.200. The standard InChI is InChI=1S/C30H24F2N6O3/c1-41-26-12-7-18(13-19(26)14-33)28(39)36-23-15-35-38-25-17-34-16-24(25)37(29(40)27(23)38)22-10-8-21(9-11-22)30(31,32)20-5-3-2-4-6-20/h2-13,15,24-25,34H,16-17H2,1H3,(H,36,39)/t24-,25+/m0/s1. The van der Waals surface area contributed by atoms with Crippen molar-refractivity contribution in [3.8, 4) is 11.8 Å². The van der Waals surface area contributed by atoms with Crippen molar-refractivity contribution in [2.75, 3.05) is 30.4 Å². The van der Waals surface area contributed by atoms with E-state index >= 15 is 8.78 Å². The summed E-state index contributed by atoms with van der Waals surface area (Å²) < 4.78 is 37.0. The van der Waals surface area contributed by atoms with Gasteiger partial charge in [-0.2, -0.15) is 19.1 Å². The van der Waals surface area contributed by atoms with Crippen molar-refractivity contribution >= 4 is 23.2 Å². The number of carbonyl (C=O) groups excluding carboxylic acids is 2. The largest absolute Gasteiger partial charge is 0.495 e. The van der Waals surface area contributed by atoms with Crippen LogP contribution in [-0.2, 0) is 5.92 Å². The molecule has 0 aliphatic carbocycles. The van der Waals surface area contributed by atoms with Crippen LogP contribution < -0.4 is 20.3 Å². The Morgan fingerprint density at radius 3 is 2.49 bits per heavy atom. The van der Waals surface area contributed by atoms with Crippen LogP contribution in [0, 0.1) is 11.3 Å². The minimum absolute atomic E-state index is 0.120. The van der Waals surface area contributed by atoms with Gasteiger partial charge in [0.1, 0.15) is 11.8 Å². The van der Waals surface area contributed by atoms with Crippen LogP contribution in [0.3, 0.4) is 0 Å². The van der Waals surface area contributed by atoms with Crippen LogP contribution in [-0.4, -0.2) is 47.8 Å². The summed E-state index contributed by atoms with van der Waals surface area (Å²) in [6.07, 6.45) is 1.42. The summed E-state index contributed by atoms with van der Waals surface area (Å²) in [7, 11) is 1.43. The normalized spacial score (nSPS) is 17.9. The van der Waals surface area contributed by atoms with E-state index in [0.29, 0.717) is 24.5 Å². The van der Waals surface area contributed by atoms with Gasteiger partial charge in [-0.25, -0.2) is 0 Å². The van der Waals surface area contributed by atoms with E-state index in [1.54, 1.807) is 27.8 Å². The first-order valence-electron chi connectivity index (χ1n) is 12.9. The van der Waals surface area contributed by atoms with Gasteiger partial charge in [0.2, 0.25) is 0 Å². The Balaban J connectivity index is 1.31. The number of fused-ring (bicyclic) bond motifs is 3. The molecule has 9 nitrogen and oxygen atoms in total. The molecule has 4 aromatic rings. The van der Waals surface area contributed by atoms with Gasteiger partial charge in [0.05, 0.1) is 36.6 Å². The Morgan fingerprint density at radius 2 is 1.78 bits per heavy atom. The number of nitriles is 1. The molecule has 0 unspecified atom stereocenters. The molecule has 0 radical (unpaired) electrons. The monoisotopic (exact) mass is 554 g/mol. The quantitative estimate of drug-likeness (QED) is 0.367. The van der Waals surface area contributed by atoms with E-state index in [-0.39, 0.29) is 45.7 Å². The lowest BCUT2D eigenvalue weighted by atomic mass is 9.99. The zero-order valence-electron chi connectivity index (χ0n) is 21.8. The van der Waals surface area contributed by atoms with E-state index in [0.717, 1.165) is 0 Å². The molecular weight excluding hydrogens is 530 g/mol. The van der Waals surface area contributed by atoms with Crippen molar-refractivity contribution in [2.45, 2.75) is 18.0 Å². The molecule has 6 rings (SSSR count). The lowest BCUT2D eigenvalue weighted by molar-refractivity contribution is 0.0428. The number of halogens is 2. The molecule has 11 heteroatoms. The van der Waals surface area contributed by atoms with Gasteiger partial charge >= 0.3 is 0 Å². The number of nitrogens with one attached hydrogen (secondary N) is 2. The number of carbonyl (C=O) groups is 2. The van der Waals surface area contributed by atoms with Gasteiger partial charge in [-0.1, -0.05) is 42.5 Å². The van der Waals surface area contributed by atoms with Crippen molar-refractivity contribution in [3.05, 3.63) is 107 Å². The van der Waals surface area contributed by atoms with Crippen LogP contribution in [0.15, 0.2) is 79.0 Å². The van der Waals surface area contributed by atoms with Crippen LogP contribution in [0.5, 0.6) is 5.75 Å². The second-order valence-corrected chi connectivity index (χ2v) is 9.79. The summed E-state index contributed by atoms with van der Waals surface area (Å²) in [5.41, 5.74) is 0.934. The second kappa shape index (κ2) is 10.1. The van der Waals surface area contributed by atoms with Crippen LogP contribution in [0.1, 0.15) is 43.6 Å². The zero-order chi connectivity index (χ0) is 28.7. The van der Waals surface area contributed by atoms with Crippen molar-refractivity contribution < 1.29 is 23.1 Å². The summed E-state index contributed by atoms with van der Waals surface area (Å²) in [5.74, 6) is -3.81. The highest BCUT2D eigenvalue weighted by atomic mass is 19.3. The number of hydrogen-bond acceptors (Lipinski definition) is 6. The predicted octanol–water partition coefficient (Wildman–Crippen LogP) is 4.33. The first-order chi connectivity index (χ1) is 19.8. The highest BCUT2D eigenvalue weighted by molar-refractivity contribution is 6.13. The molecule has 2 aliphatic heterocycles. The Morgan fingerprint density at radius 1 is 1.07 bits per heavy atom. The molecule has 0 bridgehead atoms. The third-order valence-corrected chi connectivity index (χ3v) is 7.49. The second-order valence-electron chi connectivity index (χ2n) is 9.79. The number of methoxy groups -OCH3 is 1. The number of nitrogens with zero attached hydrogens (tertiary/aromatic N) is 4. The molecule has 0 spiro atoms. The van der Waals surface area contributed by atoms with Crippen molar-refractivity contribution in [1.82, 2.24) is 15.1 Å². The highest BCUT2D eigenvalue weighted by Gasteiger charge is 2.45. The molecule has 1 fully saturated rings. The number of aromatic nitrogens is 2. The topological polar surface area (TPSA) is 112 Å². The van der Waals surface area contributed by atoms with Gasteiger partial charge in [0, 0.05) is 35.5 Å². The average Bonchev–Trinajstić information content (AvgIpc) is 3.65. The van der Waals surface area contributed by atoms with Crippen LogP contribution in [0.25, 0.3) is 0 Å². The van der Waals surface area contributed by atoms with E-state index in [4.69, 9.17) is 4.74 Å². The van der Waals surface area contributed by atoms with Gasteiger partial charge in [-0.3, -0.25) is 14.3 Å². The number of alkyl halides is 2. The zero-order valence-corrected chi connectivity index (χ0v) is 21.8. The van der Waals surface area contributed by atoms with Gasteiger partial charge < -0.3 is 20.3 Å². The van der Waals surface area contributed by atoms with Gasteiger partial charge in [0.15, 0.2) is 5.69 Å². The molecule has 3 aromatic carbocycles. The van der Waals surface area contributed by atoms with E-state index < -0.39 is 17.7 Å². The summed E-state index contributed by atoms with van der Waals surface area (Å²) in [6, 6.07) is 19.2. The maximum atomic E-state index is 15.1. The van der Waals surface area contributed by atoms with Crippen molar-refractivity contribution in [2.24, 2.45) is 0 Å². The lowest BCUT2D eigenvalue weighted by Gasteiger charge is -2.37. The van der Waals surface area contributed by atoms with Crippen molar-refractivity contribution in [3.63, 3.8) is 0 Å². The minimum atomic E-state index is -3.20. The maximum Gasteiger partial charge on any atom is 0.298 e. The summed E-state index contributed by atoms with van der Waals surface area (Å²) in [6.45, 7) is 1.02. The maximum absolute atomic E-state index is 15.1. The molecule has 2 N–H and O–H groups in total. The molecule has 2 atom stereocenters. The number of benzene rings is 3. The smallest absolute Gasteiger partial charge is 0.298 e. The molecule has 1 saturated heterocycles. The first-order valence-corrected chi connectivity index (χ1v) is 12.9. The Labute approximate surface area is 234 Å². The summed E-state index contributed by atoms with van der Waals surface area (Å²) >= 11 is 0. The van der Waals surface area contributed by atoms with Crippen LogP contribution in [0.4, 0.5) is 20.2 Å². The van der Waals surface area contributed by atoms with Crippen molar-refractivity contribution in [1.29, 1.82) is 5.26 Å². The molecule has 0 saturated carbocycles. The minimum Gasteiger partial charge on any atom is -0.495 e. The number of anilines is 2. The average molecular weight is 555 g/mol. The number of ether oxygens (including phenoxy) is 1. The number of amides is 2. The Hall–Kier alpha value is -5.08. The molecule has 2 aliphatic rings. The molecule has 3 heterocycles. The lowest BCUT2D eigenvalue weighted by Crippen LogP contribution is -2.51. The molecule has 206 valence electrons. The predicted molar refractivity (Wildman–Crippen MR) is 146 cm³/mol. The Bertz CT molecular complexity index is 1680. The Kier molecular flexibility index (Phi) is 6.47. The van der Waals surface area contributed by atoms with Gasteiger partial charge in [0.25, 0.3) is 17.7 Å². The molecule has 41 heavy (non-hydrogen) atoms. The fourth-order valence-corrected chi connectivity index (χ4v) is 5.43. The van der Waals surface area contributed by atoms with E-state index in [1.165, 1.54) is 67.9 Å². The number of hydrogen-bond donors (Lipinski definition) is 2. The highest BCUT2D eigenvalue weighted by Crippen LogP contribution is 2.39. The van der Waals surface area contributed by atoms with Gasteiger partial charge in [-0.15, -0.1) is 0 Å². The van der Waals surface area contributed by atoms with E-state index in [1.807, 2.05) is 6.07 Å². The third kappa shape index (κ3) is 4.38. The van der Waals surface area contributed by atoms with E-state index in [9.17, 15) is 14.9 Å². The van der Waals surface area contributed by atoms with E-state index in [2.05, 4.69) is 15.7 Å². The molecule has 1 aromatic heterocycles. The summed E-state index contributed by atoms with van der Waals surface area (Å²) in [4.78, 5) is 28.6.